The number of H-pyrrole nitrogens is 1. The first-order valence-electron chi connectivity index (χ1n) is 8.15. The third kappa shape index (κ3) is 3.85. The van der Waals surface area contributed by atoms with E-state index in [2.05, 4.69) is 25.5 Å². The average Bonchev–Trinajstić information content (AvgIpc) is 2.98. The molecule has 2 atom stereocenters. The molecule has 0 radical (unpaired) electrons. The summed E-state index contributed by atoms with van der Waals surface area (Å²) >= 11 is 0. The zero-order valence-corrected chi connectivity index (χ0v) is 14.2. The number of halogens is 3. The highest BCUT2D eigenvalue weighted by Crippen LogP contribution is 2.30. The Labute approximate surface area is 147 Å². The van der Waals surface area contributed by atoms with Gasteiger partial charge in [0.1, 0.15) is 11.5 Å². The molecule has 140 valence electrons. The van der Waals surface area contributed by atoms with Crippen molar-refractivity contribution < 1.29 is 22.7 Å². The Morgan fingerprint density at radius 1 is 1.42 bits per heavy atom. The van der Waals surface area contributed by atoms with Gasteiger partial charge < -0.3 is 10.1 Å². The summed E-state index contributed by atoms with van der Waals surface area (Å²) < 4.78 is 43.6. The quantitative estimate of drug-likeness (QED) is 0.862. The van der Waals surface area contributed by atoms with Crippen molar-refractivity contribution in [1.82, 2.24) is 25.5 Å². The number of carbonyl (C=O) groups is 1. The smallest absolute Gasteiger partial charge is 0.369 e. The Kier molecular flexibility index (Phi) is 4.94. The van der Waals surface area contributed by atoms with Gasteiger partial charge in [0.15, 0.2) is 5.69 Å². The van der Waals surface area contributed by atoms with Gasteiger partial charge in [0.2, 0.25) is 0 Å². The molecule has 0 unspecified atom stereocenters. The molecule has 2 aromatic rings. The summed E-state index contributed by atoms with van der Waals surface area (Å²) in [4.78, 5) is 19.6. The maximum Gasteiger partial charge on any atom is 0.433 e. The number of aromatic amines is 1. The van der Waals surface area contributed by atoms with Gasteiger partial charge in [-0.25, -0.2) is 9.97 Å². The van der Waals surface area contributed by atoms with Crippen LogP contribution in [-0.2, 0) is 23.8 Å². The number of amides is 1. The fourth-order valence-corrected chi connectivity index (χ4v) is 2.91. The van der Waals surface area contributed by atoms with Crippen LogP contribution in [0.15, 0.2) is 12.3 Å². The Bertz CT molecular complexity index is 805. The van der Waals surface area contributed by atoms with E-state index in [1.54, 1.807) is 0 Å². The highest BCUT2D eigenvalue weighted by atomic mass is 19.4. The molecule has 2 N–H and O–H groups in total. The summed E-state index contributed by atoms with van der Waals surface area (Å²) in [6.45, 7) is 3.89. The minimum atomic E-state index is -4.52. The van der Waals surface area contributed by atoms with Gasteiger partial charge in [0.25, 0.3) is 5.91 Å². The molecule has 7 nitrogen and oxygen atoms in total. The number of hydrogen-bond donors (Lipinski definition) is 2. The number of aromatic nitrogens is 4. The van der Waals surface area contributed by atoms with E-state index >= 15 is 0 Å². The molecule has 26 heavy (non-hydrogen) atoms. The number of alkyl halides is 3. The molecule has 0 aliphatic carbocycles. The molecule has 1 amide bonds. The SMILES string of the molecule is C[C@@H]1Cc2c(C(=O)NCCc3nccc(C(F)(F)F)n3)n[nH]c2[C@H](C)O1. The molecule has 0 fully saturated rings. The zero-order valence-electron chi connectivity index (χ0n) is 14.2. The fourth-order valence-electron chi connectivity index (χ4n) is 2.91. The van der Waals surface area contributed by atoms with Crippen molar-refractivity contribution in [2.24, 2.45) is 0 Å². The summed E-state index contributed by atoms with van der Waals surface area (Å²) in [6, 6.07) is 0.808. The summed E-state index contributed by atoms with van der Waals surface area (Å²) in [6.07, 6.45) is -3.03. The molecule has 0 saturated heterocycles. The second-order valence-electron chi connectivity index (χ2n) is 6.12. The normalized spacial score (nSPS) is 19.9. The highest BCUT2D eigenvalue weighted by Gasteiger charge is 2.33. The Balaban J connectivity index is 1.62. The first-order chi connectivity index (χ1) is 12.3. The van der Waals surface area contributed by atoms with Gasteiger partial charge in [0, 0.05) is 31.1 Å². The van der Waals surface area contributed by atoms with Gasteiger partial charge >= 0.3 is 6.18 Å². The first-order valence-corrected chi connectivity index (χ1v) is 8.15. The van der Waals surface area contributed by atoms with Gasteiger partial charge in [-0.1, -0.05) is 0 Å². The molecule has 10 heteroatoms. The van der Waals surface area contributed by atoms with Crippen molar-refractivity contribution in [2.45, 2.75) is 45.1 Å². The standard InChI is InChI=1S/C16H18F3N5O2/c1-8-7-10-13(9(2)26-8)23-24-14(10)15(25)21-6-4-12-20-5-3-11(22-12)16(17,18)19/h3,5,8-9H,4,6-7H2,1-2H3,(H,21,25)(H,23,24)/t8-,9+/m1/s1. The average molecular weight is 369 g/mol. The van der Waals surface area contributed by atoms with Crippen LogP contribution < -0.4 is 5.32 Å². The topological polar surface area (TPSA) is 92.8 Å². The van der Waals surface area contributed by atoms with Gasteiger partial charge in [-0.15, -0.1) is 0 Å². The lowest BCUT2D eigenvalue weighted by Crippen LogP contribution is -2.29. The molecule has 0 saturated carbocycles. The number of carbonyl (C=O) groups excluding carboxylic acids is 1. The van der Waals surface area contributed by atoms with Gasteiger partial charge in [-0.05, 0) is 19.9 Å². The number of fused-ring (bicyclic) bond motifs is 1. The Morgan fingerprint density at radius 3 is 2.92 bits per heavy atom. The number of nitrogens with one attached hydrogen (secondary N) is 2. The van der Waals surface area contributed by atoms with Crippen LogP contribution in [0.1, 0.15) is 53.2 Å². The highest BCUT2D eigenvalue weighted by molar-refractivity contribution is 5.94. The summed E-state index contributed by atoms with van der Waals surface area (Å²) in [7, 11) is 0. The Hall–Kier alpha value is -2.49. The van der Waals surface area contributed by atoms with Crippen molar-refractivity contribution in [2.75, 3.05) is 6.54 Å². The molecule has 1 aliphatic rings. The van der Waals surface area contributed by atoms with Crippen molar-refractivity contribution in [3.05, 3.63) is 40.7 Å². The summed E-state index contributed by atoms with van der Waals surface area (Å²) in [5.74, 6) is -0.379. The number of rotatable bonds is 4. The van der Waals surface area contributed by atoms with Crippen molar-refractivity contribution in [1.29, 1.82) is 0 Å². The predicted molar refractivity (Wildman–Crippen MR) is 84.3 cm³/mol. The van der Waals surface area contributed by atoms with E-state index in [0.29, 0.717) is 6.42 Å². The second kappa shape index (κ2) is 7.02. The molecule has 0 aromatic carbocycles. The maximum atomic E-state index is 12.6. The number of nitrogens with zero attached hydrogens (tertiary/aromatic N) is 3. The Morgan fingerprint density at radius 2 is 2.19 bits per heavy atom. The van der Waals surface area contributed by atoms with Crippen LogP contribution in [-0.4, -0.2) is 38.7 Å². The van der Waals surface area contributed by atoms with E-state index in [9.17, 15) is 18.0 Å². The molecule has 3 heterocycles. The van der Waals surface area contributed by atoms with Crippen LogP contribution in [0, 0.1) is 0 Å². The molecule has 1 aliphatic heterocycles. The lowest BCUT2D eigenvalue weighted by atomic mass is 9.99. The summed E-state index contributed by atoms with van der Waals surface area (Å²) in [5.41, 5.74) is 0.865. The predicted octanol–water partition coefficient (Wildman–Crippen LogP) is 2.21. The molecule has 0 bridgehead atoms. The zero-order chi connectivity index (χ0) is 18.9. The van der Waals surface area contributed by atoms with E-state index < -0.39 is 17.8 Å². The largest absolute Gasteiger partial charge is 0.433 e. The second-order valence-corrected chi connectivity index (χ2v) is 6.12. The lowest BCUT2D eigenvalue weighted by Gasteiger charge is -2.25. The maximum absolute atomic E-state index is 12.6. The van der Waals surface area contributed by atoms with Crippen LogP contribution in [0.3, 0.4) is 0 Å². The third-order valence-electron chi connectivity index (χ3n) is 4.08. The summed E-state index contributed by atoms with van der Waals surface area (Å²) in [5, 5.41) is 9.53. The minimum absolute atomic E-state index is 0.0137. The van der Waals surface area contributed by atoms with Crippen LogP contribution in [0.5, 0.6) is 0 Å². The lowest BCUT2D eigenvalue weighted by molar-refractivity contribution is -0.141. The van der Waals surface area contributed by atoms with Gasteiger partial charge in [-0.2, -0.15) is 18.3 Å². The van der Waals surface area contributed by atoms with Gasteiger partial charge in [-0.3, -0.25) is 9.89 Å². The van der Waals surface area contributed by atoms with Crippen LogP contribution in [0.4, 0.5) is 13.2 Å². The van der Waals surface area contributed by atoms with E-state index in [-0.39, 0.29) is 36.7 Å². The van der Waals surface area contributed by atoms with E-state index in [4.69, 9.17) is 4.74 Å². The van der Waals surface area contributed by atoms with Crippen molar-refractivity contribution >= 4 is 5.91 Å². The molecular weight excluding hydrogens is 351 g/mol. The molecule has 0 spiro atoms. The van der Waals surface area contributed by atoms with E-state index in [0.717, 1.165) is 23.5 Å². The molecule has 3 rings (SSSR count). The van der Waals surface area contributed by atoms with Crippen LogP contribution >= 0.6 is 0 Å². The third-order valence-corrected chi connectivity index (χ3v) is 4.08. The molecule has 2 aromatic heterocycles. The first kappa shape index (κ1) is 18.3. The fraction of sp³-hybridized carbons (Fsp3) is 0.500. The van der Waals surface area contributed by atoms with Crippen LogP contribution in [0.25, 0.3) is 0 Å². The molecular formula is C16H18F3N5O2. The van der Waals surface area contributed by atoms with E-state index in [1.807, 2.05) is 13.8 Å². The van der Waals surface area contributed by atoms with Gasteiger partial charge in [0.05, 0.1) is 17.9 Å². The van der Waals surface area contributed by atoms with Crippen molar-refractivity contribution in [3.63, 3.8) is 0 Å². The van der Waals surface area contributed by atoms with Crippen molar-refractivity contribution in [3.8, 4) is 0 Å². The van der Waals surface area contributed by atoms with E-state index in [1.165, 1.54) is 0 Å². The monoisotopic (exact) mass is 369 g/mol. The van der Waals surface area contributed by atoms with Crippen LogP contribution in [0.2, 0.25) is 0 Å². The number of ether oxygens (including phenoxy) is 1. The number of hydrogen-bond acceptors (Lipinski definition) is 5. The minimum Gasteiger partial charge on any atom is -0.369 e.